The molecule has 47 heavy (non-hydrogen) atoms. The Morgan fingerprint density at radius 3 is 2.19 bits per heavy atom. The standard InChI is InChI=1S/C42H29N3SSi/c1-47(2)38-22-11-8-19-31(38)39-40(43-41(44-42(39)47)26-13-4-3-5-14-26)27-15-12-16-28(23-27)45-34-20-9-6-17-29(34)32-24-33-30-18-7-10-21-36(30)46-37(33)25-35(32)45/h3-25H,1-2H3. The van der Waals surface area contributed by atoms with E-state index < -0.39 is 8.07 Å². The van der Waals surface area contributed by atoms with Gasteiger partial charge in [0, 0.05) is 58.6 Å². The minimum atomic E-state index is -2.04. The Kier molecular flexibility index (Phi) is 5.60. The van der Waals surface area contributed by atoms with E-state index in [4.69, 9.17) is 9.97 Å². The minimum absolute atomic E-state index is 0.794. The lowest BCUT2D eigenvalue weighted by Crippen LogP contribution is -2.50. The SMILES string of the molecule is C[Si]1(C)c2ccccc2-c2c(-c3cccc(-n4c5ccccc5c5cc6c(cc54)sc4ccccc46)c3)nc(-c3ccccc3)nc21. The van der Waals surface area contributed by atoms with Crippen LogP contribution in [-0.4, -0.2) is 22.6 Å². The third kappa shape index (κ3) is 3.84. The monoisotopic (exact) mass is 635 g/mol. The van der Waals surface area contributed by atoms with Gasteiger partial charge in [-0.3, -0.25) is 0 Å². The fourth-order valence-corrected chi connectivity index (χ4v) is 11.8. The summed E-state index contributed by atoms with van der Waals surface area (Å²) in [5.74, 6) is 0.794. The Hall–Kier alpha value is -5.36. The number of hydrogen-bond acceptors (Lipinski definition) is 3. The zero-order chi connectivity index (χ0) is 31.3. The van der Waals surface area contributed by atoms with Gasteiger partial charge in [-0.2, -0.15) is 0 Å². The lowest BCUT2D eigenvalue weighted by Gasteiger charge is -2.19. The van der Waals surface area contributed by atoms with Crippen molar-refractivity contribution in [2.45, 2.75) is 13.1 Å². The van der Waals surface area contributed by atoms with Crippen LogP contribution >= 0.6 is 11.3 Å². The van der Waals surface area contributed by atoms with E-state index in [9.17, 15) is 0 Å². The second kappa shape index (κ2) is 9.82. The quantitative estimate of drug-likeness (QED) is 0.181. The molecule has 10 rings (SSSR count). The smallest absolute Gasteiger partial charge is 0.159 e. The molecule has 222 valence electrons. The number of para-hydroxylation sites is 1. The van der Waals surface area contributed by atoms with Crippen LogP contribution in [0.15, 0.2) is 140 Å². The zero-order valence-corrected chi connectivity index (χ0v) is 27.8. The van der Waals surface area contributed by atoms with Gasteiger partial charge in [-0.05, 0) is 47.1 Å². The molecule has 3 aromatic heterocycles. The lowest BCUT2D eigenvalue weighted by molar-refractivity contribution is 1.17. The van der Waals surface area contributed by atoms with E-state index in [1.807, 2.05) is 17.4 Å². The van der Waals surface area contributed by atoms with Crippen molar-refractivity contribution in [1.29, 1.82) is 0 Å². The third-order valence-corrected chi connectivity index (χ3v) is 14.4. The van der Waals surface area contributed by atoms with Crippen molar-refractivity contribution in [2.75, 3.05) is 0 Å². The van der Waals surface area contributed by atoms with E-state index in [2.05, 4.69) is 151 Å². The van der Waals surface area contributed by atoms with Crippen LogP contribution in [0.4, 0.5) is 0 Å². The Balaban J connectivity index is 1.25. The topological polar surface area (TPSA) is 30.7 Å². The molecule has 0 atom stereocenters. The molecule has 9 aromatic rings. The van der Waals surface area contributed by atoms with Gasteiger partial charge in [-0.15, -0.1) is 11.3 Å². The normalized spacial score (nSPS) is 13.5. The first-order chi connectivity index (χ1) is 23.1. The van der Waals surface area contributed by atoms with Crippen LogP contribution in [-0.2, 0) is 0 Å². The molecule has 0 amide bonds. The van der Waals surface area contributed by atoms with E-state index in [1.165, 1.54) is 63.6 Å². The summed E-state index contributed by atoms with van der Waals surface area (Å²) < 4.78 is 5.07. The average molecular weight is 636 g/mol. The first-order valence-corrected chi connectivity index (χ1v) is 19.9. The average Bonchev–Trinajstić information content (AvgIpc) is 3.72. The Labute approximate surface area is 277 Å². The highest BCUT2D eigenvalue weighted by atomic mass is 32.1. The second-order valence-electron chi connectivity index (χ2n) is 13.0. The summed E-state index contributed by atoms with van der Waals surface area (Å²) in [6.45, 7) is 4.85. The van der Waals surface area contributed by atoms with Crippen molar-refractivity contribution in [3.05, 3.63) is 140 Å². The molecule has 0 spiro atoms. The highest BCUT2D eigenvalue weighted by Crippen LogP contribution is 2.42. The van der Waals surface area contributed by atoms with E-state index in [1.54, 1.807) is 0 Å². The summed E-state index contributed by atoms with van der Waals surface area (Å²) in [7, 11) is -2.04. The van der Waals surface area contributed by atoms with Crippen LogP contribution < -0.4 is 10.5 Å². The first-order valence-electron chi connectivity index (χ1n) is 16.1. The number of thiophene rings is 1. The highest BCUT2D eigenvalue weighted by Gasteiger charge is 2.41. The Bertz CT molecular complexity index is 2720. The Morgan fingerprint density at radius 2 is 1.30 bits per heavy atom. The molecule has 5 heteroatoms. The van der Waals surface area contributed by atoms with Gasteiger partial charge in [0.05, 0.1) is 16.7 Å². The zero-order valence-electron chi connectivity index (χ0n) is 26.0. The van der Waals surface area contributed by atoms with Gasteiger partial charge in [0.25, 0.3) is 0 Å². The van der Waals surface area contributed by atoms with Gasteiger partial charge in [0.2, 0.25) is 0 Å². The van der Waals surface area contributed by atoms with E-state index in [-0.39, 0.29) is 0 Å². The first kappa shape index (κ1) is 26.8. The van der Waals surface area contributed by atoms with Crippen molar-refractivity contribution in [1.82, 2.24) is 14.5 Å². The van der Waals surface area contributed by atoms with E-state index in [0.717, 1.165) is 28.3 Å². The van der Waals surface area contributed by atoms with Crippen LogP contribution in [0.5, 0.6) is 0 Å². The van der Waals surface area contributed by atoms with Gasteiger partial charge < -0.3 is 4.57 Å². The largest absolute Gasteiger partial charge is 0.309 e. The number of fused-ring (bicyclic) bond motifs is 9. The third-order valence-electron chi connectivity index (χ3n) is 9.95. The second-order valence-corrected chi connectivity index (χ2v) is 18.4. The summed E-state index contributed by atoms with van der Waals surface area (Å²) in [4.78, 5) is 10.7. The predicted octanol–water partition coefficient (Wildman–Crippen LogP) is 10.1. The summed E-state index contributed by atoms with van der Waals surface area (Å²) in [5.41, 5.74) is 9.19. The number of hydrogen-bond donors (Lipinski definition) is 0. The van der Waals surface area contributed by atoms with Crippen LogP contribution in [0, 0.1) is 0 Å². The van der Waals surface area contributed by atoms with Crippen molar-refractivity contribution >= 4 is 71.9 Å². The van der Waals surface area contributed by atoms with Crippen molar-refractivity contribution < 1.29 is 0 Å². The molecular weight excluding hydrogens is 607 g/mol. The molecule has 0 radical (unpaired) electrons. The summed E-state index contributed by atoms with van der Waals surface area (Å²) in [6.07, 6.45) is 0. The maximum atomic E-state index is 5.37. The molecule has 0 bridgehead atoms. The fraction of sp³-hybridized carbons (Fsp3) is 0.0476. The van der Waals surface area contributed by atoms with Gasteiger partial charge in [0.1, 0.15) is 8.07 Å². The molecular formula is C42H29N3SSi. The van der Waals surface area contributed by atoms with Crippen LogP contribution in [0.2, 0.25) is 13.1 Å². The number of rotatable bonds is 3. The van der Waals surface area contributed by atoms with Crippen molar-refractivity contribution in [2.24, 2.45) is 0 Å². The molecule has 0 fully saturated rings. The van der Waals surface area contributed by atoms with Gasteiger partial charge in [-0.1, -0.05) is 116 Å². The molecule has 0 saturated carbocycles. The van der Waals surface area contributed by atoms with Gasteiger partial charge in [0.15, 0.2) is 5.82 Å². The summed E-state index contributed by atoms with van der Waals surface area (Å²) in [6, 6.07) is 50.6. The molecule has 0 N–H and O–H groups in total. The lowest BCUT2D eigenvalue weighted by atomic mass is 10.00. The van der Waals surface area contributed by atoms with Crippen molar-refractivity contribution in [3.63, 3.8) is 0 Å². The summed E-state index contributed by atoms with van der Waals surface area (Å²) >= 11 is 1.87. The molecule has 1 aliphatic heterocycles. The molecule has 4 heterocycles. The van der Waals surface area contributed by atoms with Gasteiger partial charge in [-0.25, -0.2) is 9.97 Å². The molecule has 0 saturated heterocycles. The maximum absolute atomic E-state index is 5.37. The molecule has 0 aliphatic carbocycles. The van der Waals surface area contributed by atoms with Crippen LogP contribution in [0.1, 0.15) is 0 Å². The minimum Gasteiger partial charge on any atom is -0.309 e. The van der Waals surface area contributed by atoms with Crippen LogP contribution in [0.25, 0.3) is 81.4 Å². The van der Waals surface area contributed by atoms with Crippen molar-refractivity contribution in [3.8, 4) is 39.5 Å². The summed E-state index contributed by atoms with van der Waals surface area (Å²) in [5, 5.41) is 7.84. The molecule has 3 nitrogen and oxygen atoms in total. The Morgan fingerprint density at radius 1 is 0.553 bits per heavy atom. The van der Waals surface area contributed by atoms with E-state index in [0.29, 0.717) is 0 Å². The van der Waals surface area contributed by atoms with Gasteiger partial charge >= 0.3 is 0 Å². The highest BCUT2D eigenvalue weighted by molar-refractivity contribution is 7.25. The van der Waals surface area contributed by atoms with Crippen LogP contribution in [0.3, 0.4) is 0 Å². The maximum Gasteiger partial charge on any atom is 0.159 e. The number of aromatic nitrogens is 3. The molecule has 0 unspecified atom stereocenters. The number of benzene rings is 6. The van der Waals surface area contributed by atoms with E-state index >= 15 is 0 Å². The number of nitrogens with zero attached hydrogens (tertiary/aromatic N) is 3. The fourth-order valence-electron chi connectivity index (χ4n) is 7.72. The molecule has 1 aliphatic rings. The molecule has 6 aromatic carbocycles. The predicted molar refractivity (Wildman–Crippen MR) is 202 cm³/mol.